The normalized spacial score (nSPS) is 13.5. The van der Waals surface area contributed by atoms with Crippen LogP contribution in [0.5, 0.6) is 0 Å². The summed E-state index contributed by atoms with van der Waals surface area (Å²) in [6, 6.07) is 0. The smallest absolute Gasteiger partial charge is 0.225 e. The zero-order valence-electron chi connectivity index (χ0n) is 30.4. The molecule has 0 aromatic carbocycles. The highest BCUT2D eigenvalue weighted by atomic mass is 16.2. The van der Waals surface area contributed by atoms with E-state index in [0.29, 0.717) is 39.3 Å². The van der Waals surface area contributed by atoms with Crippen molar-refractivity contribution in [3.8, 4) is 0 Å². The van der Waals surface area contributed by atoms with E-state index in [-0.39, 0.29) is 17.7 Å². The molecule has 1 fully saturated rings. The van der Waals surface area contributed by atoms with Crippen molar-refractivity contribution < 1.29 is 14.4 Å². The first-order valence-electron chi connectivity index (χ1n) is 19.9. The molecule has 0 aromatic rings. The Balaban J connectivity index is 2.49. The third kappa shape index (κ3) is 22.6. The van der Waals surface area contributed by atoms with Crippen LogP contribution in [0.3, 0.4) is 0 Å². The van der Waals surface area contributed by atoms with Crippen LogP contribution in [-0.2, 0) is 14.4 Å². The van der Waals surface area contributed by atoms with E-state index in [1.807, 2.05) is 0 Å². The van der Waals surface area contributed by atoms with E-state index in [2.05, 4.69) is 20.8 Å². The number of hydrogen-bond acceptors (Lipinski definition) is 3. The average Bonchev–Trinajstić information content (AvgIpc) is 3.05. The van der Waals surface area contributed by atoms with Gasteiger partial charge >= 0.3 is 0 Å². The molecule has 6 nitrogen and oxygen atoms in total. The first kappa shape index (κ1) is 41.4. The molecule has 0 bridgehead atoms. The summed E-state index contributed by atoms with van der Waals surface area (Å²) in [5.41, 5.74) is 0. The Hall–Kier alpha value is -1.59. The first-order valence-corrected chi connectivity index (χ1v) is 19.9. The topological polar surface area (TPSA) is 60.9 Å². The maximum atomic E-state index is 13.2. The molecule has 1 aliphatic rings. The lowest BCUT2D eigenvalue weighted by Gasteiger charge is -2.42. The van der Waals surface area contributed by atoms with Crippen molar-refractivity contribution in [1.82, 2.24) is 14.7 Å². The number of amides is 3. The Labute approximate surface area is 279 Å². The molecule has 1 aliphatic heterocycles. The number of carbonyl (C=O) groups excluding carboxylic acids is 3. The maximum Gasteiger partial charge on any atom is 0.225 e. The van der Waals surface area contributed by atoms with Gasteiger partial charge in [0.05, 0.1) is 20.0 Å². The number of carbonyl (C=O) groups is 3. The second-order valence-electron chi connectivity index (χ2n) is 14.0. The summed E-state index contributed by atoms with van der Waals surface area (Å²) in [6.07, 6.45) is 34.5. The summed E-state index contributed by atoms with van der Waals surface area (Å²) in [4.78, 5) is 45.0. The van der Waals surface area contributed by atoms with Gasteiger partial charge in [0.25, 0.3) is 0 Å². The Morgan fingerprint density at radius 3 is 0.689 bits per heavy atom. The molecule has 0 spiro atoms. The summed E-state index contributed by atoms with van der Waals surface area (Å²) < 4.78 is 0. The molecule has 1 heterocycles. The van der Waals surface area contributed by atoms with E-state index in [1.54, 1.807) is 14.7 Å². The summed E-state index contributed by atoms with van der Waals surface area (Å²) >= 11 is 0. The summed E-state index contributed by atoms with van der Waals surface area (Å²) in [5.74, 6) is 0.248. The van der Waals surface area contributed by atoms with Crippen molar-refractivity contribution in [2.45, 2.75) is 213 Å². The summed E-state index contributed by atoms with van der Waals surface area (Å²) in [6.45, 7) is 7.73. The number of nitrogens with zero attached hydrogens (tertiary/aromatic N) is 3. The molecule has 0 radical (unpaired) electrons. The van der Waals surface area contributed by atoms with Crippen LogP contribution in [0.2, 0.25) is 0 Å². The fourth-order valence-corrected chi connectivity index (χ4v) is 6.46. The van der Waals surface area contributed by atoms with Crippen LogP contribution in [0, 0.1) is 0 Å². The van der Waals surface area contributed by atoms with E-state index in [4.69, 9.17) is 0 Å². The monoisotopic (exact) mass is 634 g/mol. The fraction of sp³-hybridized carbons (Fsp3) is 0.923. The Morgan fingerprint density at radius 1 is 0.311 bits per heavy atom. The number of hydrogen-bond donors (Lipinski definition) is 0. The number of rotatable bonds is 30. The minimum Gasteiger partial charge on any atom is -0.307 e. The van der Waals surface area contributed by atoms with Gasteiger partial charge in [-0.2, -0.15) is 0 Å². The maximum absolute atomic E-state index is 13.2. The fourth-order valence-electron chi connectivity index (χ4n) is 6.46. The molecule has 45 heavy (non-hydrogen) atoms. The molecular weight excluding hydrogens is 558 g/mol. The minimum absolute atomic E-state index is 0.0828. The molecule has 264 valence electrons. The van der Waals surface area contributed by atoms with Gasteiger partial charge in [0, 0.05) is 19.3 Å². The van der Waals surface area contributed by atoms with Crippen molar-refractivity contribution in [3.05, 3.63) is 0 Å². The third-order valence-electron chi connectivity index (χ3n) is 9.56. The molecule has 0 aromatic heterocycles. The Bertz CT molecular complexity index is 627. The molecule has 0 N–H and O–H groups in total. The predicted molar refractivity (Wildman–Crippen MR) is 191 cm³/mol. The molecule has 0 saturated carbocycles. The van der Waals surface area contributed by atoms with Crippen LogP contribution in [0.1, 0.15) is 213 Å². The minimum atomic E-state index is 0.0828. The second kappa shape index (κ2) is 29.8. The molecular formula is C39H75N3O3. The van der Waals surface area contributed by atoms with Gasteiger partial charge in [0.1, 0.15) is 0 Å². The van der Waals surface area contributed by atoms with Gasteiger partial charge in [-0.15, -0.1) is 0 Å². The van der Waals surface area contributed by atoms with Gasteiger partial charge in [-0.3, -0.25) is 14.4 Å². The van der Waals surface area contributed by atoms with E-state index in [0.717, 1.165) is 38.5 Å². The Morgan fingerprint density at radius 2 is 0.489 bits per heavy atom. The quantitative estimate of drug-likeness (QED) is 0.0739. The van der Waals surface area contributed by atoms with Crippen LogP contribution >= 0.6 is 0 Å². The van der Waals surface area contributed by atoms with Gasteiger partial charge in [0.15, 0.2) is 0 Å². The zero-order chi connectivity index (χ0) is 32.8. The zero-order valence-corrected chi connectivity index (χ0v) is 30.4. The van der Waals surface area contributed by atoms with E-state index < -0.39 is 0 Å². The van der Waals surface area contributed by atoms with Crippen molar-refractivity contribution in [3.63, 3.8) is 0 Å². The third-order valence-corrected chi connectivity index (χ3v) is 9.56. The SMILES string of the molecule is CCCCCCCCCCCC(=O)N1CN(C(=O)CCCCCCCCCCC)CN(C(=O)CCCCCCCCCCC)C1. The molecule has 0 atom stereocenters. The number of unbranched alkanes of at least 4 members (excludes halogenated alkanes) is 24. The second-order valence-corrected chi connectivity index (χ2v) is 14.0. The van der Waals surface area contributed by atoms with Crippen molar-refractivity contribution in [2.24, 2.45) is 0 Å². The van der Waals surface area contributed by atoms with Crippen LogP contribution in [0.25, 0.3) is 0 Å². The van der Waals surface area contributed by atoms with Crippen LogP contribution in [0.4, 0.5) is 0 Å². The highest BCUT2D eigenvalue weighted by Gasteiger charge is 2.31. The van der Waals surface area contributed by atoms with Crippen molar-refractivity contribution >= 4 is 17.7 Å². The van der Waals surface area contributed by atoms with Crippen molar-refractivity contribution in [1.29, 1.82) is 0 Å². The molecule has 6 heteroatoms. The van der Waals surface area contributed by atoms with E-state index in [1.165, 1.54) is 135 Å². The van der Waals surface area contributed by atoms with Crippen molar-refractivity contribution in [2.75, 3.05) is 20.0 Å². The lowest BCUT2D eigenvalue weighted by atomic mass is 10.1. The largest absolute Gasteiger partial charge is 0.307 e. The van der Waals surface area contributed by atoms with Gasteiger partial charge in [-0.05, 0) is 19.3 Å². The molecule has 1 rings (SSSR count). The van der Waals surface area contributed by atoms with Gasteiger partial charge in [-0.25, -0.2) is 0 Å². The van der Waals surface area contributed by atoms with Gasteiger partial charge in [-0.1, -0.05) is 175 Å². The van der Waals surface area contributed by atoms with Gasteiger partial charge in [0.2, 0.25) is 17.7 Å². The highest BCUT2D eigenvalue weighted by Crippen LogP contribution is 2.18. The first-order chi connectivity index (χ1) is 22.0. The molecule has 3 amide bonds. The lowest BCUT2D eigenvalue weighted by Crippen LogP contribution is -2.59. The molecule has 0 aliphatic carbocycles. The van der Waals surface area contributed by atoms with Crippen LogP contribution in [-0.4, -0.2) is 52.4 Å². The molecule has 1 saturated heterocycles. The van der Waals surface area contributed by atoms with E-state index in [9.17, 15) is 14.4 Å². The predicted octanol–water partition coefficient (Wildman–Crippen LogP) is 11.1. The van der Waals surface area contributed by atoms with E-state index >= 15 is 0 Å². The Kier molecular flexibility index (Phi) is 27.4. The highest BCUT2D eigenvalue weighted by molar-refractivity contribution is 5.82. The van der Waals surface area contributed by atoms with Crippen LogP contribution < -0.4 is 0 Å². The summed E-state index contributed by atoms with van der Waals surface area (Å²) in [7, 11) is 0. The standard InChI is InChI=1S/C39H75N3O3/c1-4-7-10-13-16-19-22-25-28-31-37(43)40-34-41(38(44)32-29-26-23-20-17-14-11-8-5-2)36-42(35-40)39(45)33-30-27-24-21-18-15-12-9-6-3/h4-36H2,1-3H3. The lowest BCUT2D eigenvalue weighted by molar-refractivity contribution is -0.158. The van der Waals surface area contributed by atoms with Gasteiger partial charge < -0.3 is 14.7 Å². The van der Waals surface area contributed by atoms with Crippen LogP contribution in [0.15, 0.2) is 0 Å². The average molecular weight is 634 g/mol. The molecule has 0 unspecified atom stereocenters. The summed E-state index contributed by atoms with van der Waals surface area (Å²) in [5, 5.41) is 0.